The molecule has 1 fully saturated rings. The van der Waals surface area contributed by atoms with E-state index in [2.05, 4.69) is 5.32 Å². The summed E-state index contributed by atoms with van der Waals surface area (Å²) in [6, 6.07) is 6.03. The summed E-state index contributed by atoms with van der Waals surface area (Å²) in [6.45, 7) is 1.12. The third-order valence-electron chi connectivity index (χ3n) is 2.91. The molecule has 2 rings (SSSR count). The van der Waals surface area contributed by atoms with E-state index in [9.17, 15) is 5.11 Å². The molecule has 3 heteroatoms. The molecule has 0 aromatic heterocycles. The molecule has 1 atom stereocenters. The van der Waals surface area contributed by atoms with Crippen molar-refractivity contribution in [2.24, 2.45) is 0 Å². The molecule has 2 nitrogen and oxygen atoms in total. The Kier molecular flexibility index (Phi) is 3.49. The summed E-state index contributed by atoms with van der Waals surface area (Å²) in [5.41, 5.74) is 1.19. The molecule has 2 N–H and O–H groups in total. The third-order valence-corrected chi connectivity index (χ3v) is 3.21. The minimum Gasteiger partial charge on any atom is -0.506 e. The third kappa shape index (κ3) is 2.86. The highest BCUT2D eigenvalue weighted by Gasteiger charge is 2.13. The zero-order valence-corrected chi connectivity index (χ0v) is 9.43. The van der Waals surface area contributed by atoms with E-state index in [1.807, 2.05) is 12.1 Å². The van der Waals surface area contributed by atoms with E-state index in [-0.39, 0.29) is 5.75 Å². The fraction of sp³-hybridized carbons (Fsp3) is 0.500. The highest BCUT2D eigenvalue weighted by Crippen LogP contribution is 2.24. The molecular formula is C12H16ClNO. The summed E-state index contributed by atoms with van der Waals surface area (Å²) < 4.78 is 0. The zero-order chi connectivity index (χ0) is 10.7. The predicted octanol–water partition coefficient (Wildman–Crippen LogP) is 2.73. The summed E-state index contributed by atoms with van der Waals surface area (Å²) in [5.74, 6) is 0.164. The largest absolute Gasteiger partial charge is 0.506 e. The number of hydrogen-bond donors (Lipinski definition) is 2. The van der Waals surface area contributed by atoms with Crippen LogP contribution in [0.2, 0.25) is 5.02 Å². The van der Waals surface area contributed by atoms with Gasteiger partial charge in [0.2, 0.25) is 0 Å². The van der Waals surface area contributed by atoms with Gasteiger partial charge in [-0.15, -0.1) is 0 Å². The molecule has 0 saturated carbocycles. The van der Waals surface area contributed by atoms with Crippen molar-refractivity contribution in [2.45, 2.75) is 31.7 Å². The number of nitrogens with one attached hydrogen (secondary N) is 1. The average molecular weight is 226 g/mol. The van der Waals surface area contributed by atoms with Crippen molar-refractivity contribution in [3.63, 3.8) is 0 Å². The van der Waals surface area contributed by atoms with E-state index in [1.165, 1.54) is 24.8 Å². The lowest BCUT2D eigenvalue weighted by atomic mass is 9.98. The fourth-order valence-corrected chi connectivity index (χ4v) is 2.26. The Hall–Kier alpha value is -0.730. The van der Waals surface area contributed by atoms with Gasteiger partial charge < -0.3 is 10.4 Å². The molecule has 1 aromatic rings. The predicted molar refractivity (Wildman–Crippen MR) is 62.5 cm³/mol. The van der Waals surface area contributed by atoms with Gasteiger partial charge in [0.25, 0.3) is 0 Å². The highest BCUT2D eigenvalue weighted by molar-refractivity contribution is 6.32. The maximum absolute atomic E-state index is 9.30. The van der Waals surface area contributed by atoms with Crippen LogP contribution in [0.15, 0.2) is 18.2 Å². The van der Waals surface area contributed by atoms with Crippen LogP contribution in [0.1, 0.15) is 24.8 Å². The first kappa shape index (κ1) is 10.8. The van der Waals surface area contributed by atoms with Crippen LogP contribution in [0.25, 0.3) is 0 Å². The number of aromatic hydroxyl groups is 1. The molecule has 1 aliphatic rings. The van der Waals surface area contributed by atoms with Gasteiger partial charge in [-0.05, 0) is 43.5 Å². The lowest BCUT2D eigenvalue weighted by molar-refractivity contribution is 0.399. The van der Waals surface area contributed by atoms with E-state index in [4.69, 9.17) is 11.6 Å². The standard InChI is InChI=1S/C12H16ClNO/c13-11-8-9(4-5-12(11)15)7-10-3-1-2-6-14-10/h4-5,8,10,14-15H,1-3,6-7H2. The average Bonchev–Trinajstić information content (AvgIpc) is 2.25. The Labute approximate surface area is 95.3 Å². The number of phenols is 1. The van der Waals surface area contributed by atoms with Gasteiger partial charge in [0, 0.05) is 6.04 Å². The summed E-state index contributed by atoms with van der Waals surface area (Å²) in [6.07, 6.45) is 4.83. The molecule has 0 bridgehead atoms. The van der Waals surface area contributed by atoms with Crippen molar-refractivity contribution in [1.29, 1.82) is 0 Å². The van der Waals surface area contributed by atoms with Crippen molar-refractivity contribution in [3.05, 3.63) is 28.8 Å². The van der Waals surface area contributed by atoms with Crippen LogP contribution < -0.4 is 5.32 Å². The Balaban J connectivity index is 2.00. The fourth-order valence-electron chi connectivity index (χ4n) is 2.06. The molecule has 0 spiro atoms. The molecule has 15 heavy (non-hydrogen) atoms. The summed E-state index contributed by atoms with van der Waals surface area (Å²) >= 11 is 5.86. The van der Waals surface area contributed by atoms with Gasteiger partial charge >= 0.3 is 0 Å². The van der Waals surface area contributed by atoms with Crippen molar-refractivity contribution < 1.29 is 5.11 Å². The second-order valence-electron chi connectivity index (χ2n) is 4.14. The van der Waals surface area contributed by atoms with E-state index < -0.39 is 0 Å². The Morgan fingerprint density at radius 3 is 2.93 bits per heavy atom. The first-order valence-electron chi connectivity index (χ1n) is 5.46. The summed E-state index contributed by atoms with van der Waals surface area (Å²) in [4.78, 5) is 0. The molecular weight excluding hydrogens is 210 g/mol. The maximum Gasteiger partial charge on any atom is 0.134 e. The maximum atomic E-state index is 9.30. The van der Waals surface area contributed by atoms with Gasteiger partial charge in [-0.2, -0.15) is 0 Å². The molecule has 1 saturated heterocycles. The number of rotatable bonds is 2. The molecule has 0 amide bonds. The molecule has 1 heterocycles. The van der Waals surface area contributed by atoms with Crippen LogP contribution in [-0.2, 0) is 6.42 Å². The van der Waals surface area contributed by atoms with Crippen LogP contribution >= 0.6 is 11.6 Å². The van der Waals surface area contributed by atoms with E-state index in [0.29, 0.717) is 11.1 Å². The van der Waals surface area contributed by atoms with Crippen molar-refractivity contribution in [1.82, 2.24) is 5.32 Å². The van der Waals surface area contributed by atoms with Crippen LogP contribution in [0.3, 0.4) is 0 Å². The smallest absolute Gasteiger partial charge is 0.134 e. The second kappa shape index (κ2) is 4.86. The van der Waals surface area contributed by atoms with Gasteiger partial charge in [-0.1, -0.05) is 24.1 Å². The molecule has 1 unspecified atom stereocenters. The van der Waals surface area contributed by atoms with E-state index in [1.54, 1.807) is 6.07 Å². The topological polar surface area (TPSA) is 32.3 Å². The number of hydrogen-bond acceptors (Lipinski definition) is 2. The quantitative estimate of drug-likeness (QED) is 0.811. The van der Waals surface area contributed by atoms with Gasteiger partial charge in [-0.25, -0.2) is 0 Å². The number of benzene rings is 1. The molecule has 1 aromatic carbocycles. The minimum absolute atomic E-state index is 0.164. The molecule has 82 valence electrons. The first-order valence-corrected chi connectivity index (χ1v) is 5.84. The Morgan fingerprint density at radius 2 is 2.27 bits per heavy atom. The van der Waals surface area contributed by atoms with Crippen LogP contribution in [-0.4, -0.2) is 17.7 Å². The Morgan fingerprint density at radius 1 is 1.40 bits per heavy atom. The van der Waals surface area contributed by atoms with Crippen molar-refractivity contribution in [2.75, 3.05) is 6.54 Å². The monoisotopic (exact) mass is 225 g/mol. The summed E-state index contributed by atoms with van der Waals surface area (Å²) in [5, 5.41) is 13.2. The number of halogens is 1. The van der Waals surface area contributed by atoms with E-state index in [0.717, 1.165) is 13.0 Å². The minimum atomic E-state index is 0.164. The van der Waals surface area contributed by atoms with Crippen molar-refractivity contribution >= 4 is 11.6 Å². The molecule has 1 aliphatic heterocycles. The van der Waals surface area contributed by atoms with Crippen LogP contribution in [0.4, 0.5) is 0 Å². The number of phenolic OH excluding ortho intramolecular Hbond substituents is 1. The van der Waals surface area contributed by atoms with Gasteiger partial charge in [0.1, 0.15) is 5.75 Å². The molecule has 0 radical (unpaired) electrons. The van der Waals surface area contributed by atoms with Gasteiger partial charge in [0.05, 0.1) is 5.02 Å². The van der Waals surface area contributed by atoms with Gasteiger partial charge in [-0.3, -0.25) is 0 Å². The molecule has 0 aliphatic carbocycles. The van der Waals surface area contributed by atoms with Crippen molar-refractivity contribution in [3.8, 4) is 5.75 Å². The van der Waals surface area contributed by atoms with Crippen LogP contribution in [0, 0.1) is 0 Å². The summed E-state index contributed by atoms with van der Waals surface area (Å²) in [7, 11) is 0. The first-order chi connectivity index (χ1) is 7.25. The van der Waals surface area contributed by atoms with Crippen LogP contribution in [0.5, 0.6) is 5.75 Å². The normalized spacial score (nSPS) is 21.5. The zero-order valence-electron chi connectivity index (χ0n) is 8.67. The second-order valence-corrected chi connectivity index (χ2v) is 4.54. The lowest BCUT2D eigenvalue weighted by Gasteiger charge is -2.23. The SMILES string of the molecule is Oc1ccc(CC2CCCCN2)cc1Cl. The highest BCUT2D eigenvalue weighted by atomic mass is 35.5. The number of piperidine rings is 1. The lowest BCUT2D eigenvalue weighted by Crippen LogP contribution is -2.35. The van der Waals surface area contributed by atoms with Gasteiger partial charge in [0.15, 0.2) is 0 Å². The Bertz CT molecular complexity index is 334. The van der Waals surface area contributed by atoms with E-state index >= 15 is 0 Å².